The summed E-state index contributed by atoms with van der Waals surface area (Å²) in [5.74, 6) is 0. The van der Waals surface area contributed by atoms with Crippen molar-refractivity contribution in [3.05, 3.63) is 28.2 Å². The molecule has 20 heavy (non-hydrogen) atoms. The largest absolute Gasteiger partial charge is 0.368 e. The van der Waals surface area contributed by atoms with Crippen molar-refractivity contribution in [1.82, 2.24) is 5.32 Å². The maximum absolute atomic E-state index is 3.64. The molecule has 1 unspecified atom stereocenters. The van der Waals surface area contributed by atoms with Crippen molar-refractivity contribution in [2.24, 2.45) is 0 Å². The quantitative estimate of drug-likeness (QED) is 0.835. The lowest BCUT2D eigenvalue weighted by Crippen LogP contribution is -2.40. The highest BCUT2D eigenvalue weighted by Gasteiger charge is 2.23. The maximum Gasteiger partial charge on any atom is 0.0425 e. The highest BCUT2D eigenvalue weighted by atomic mass is 79.9. The van der Waals surface area contributed by atoms with Gasteiger partial charge in [-0.1, -0.05) is 42.8 Å². The van der Waals surface area contributed by atoms with Gasteiger partial charge >= 0.3 is 0 Å². The Morgan fingerprint density at radius 1 is 1.35 bits per heavy atom. The summed E-state index contributed by atoms with van der Waals surface area (Å²) in [7, 11) is 0. The first kappa shape index (κ1) is 15.8. The van der Waals surface area contributed by atoms with E-state index in [1.165, 1.54) is 48.0 Å². The van der Waals surface area contributed by atoms with Crippen molar-refractivity contribution in [3.63, 3.8) is 0 Å². The zero-order valence-corrected chi connectivity index (χ0v) is 14.5. The second kappa shape index (κ2) is 7.46. The lowest BCUT2D eigenvalue weighted by Gasteiger charge is -2.38. The van der Waals surface area contributed by atoms with Crippen LogP contribution in [0, 0.1) is 0 Å². The van der Waals surface area contributed by atoms with E-state index in [1.807, 2.05) is 0 Å². The molecule has 1 aliphatic heterocycles. The first-order valence-electron chi connectivity index (χ1n) is 7.90. The molecule has 2 nitrogen and oxygen atoms in total. The third-order valence-electron chi connectivity index (χ3n) is 4.16. The van der Waals surface area contributed by atoms with E-state index in [-0.39, 0.29) is 0 Å². The van der Waals surface area contributed by atoms with E-state index in [2.05, 4.69) is 65.1 Å². The summed E-state index contributed by atoms with van der Waals surface area (Å²) in [6.45, 7) is 8.87. The Balaban J connectivity index is 2.25. The van der Waals surface area contributed by atoms with Crippen LogP contribution in [-0.2, 0) is 6.54 Å². The van der Waals surface area contributed by atoms with Gasteiger partial charge in [0.15, 0.2) is 0 Å². The number of hydrogen-bond donors (Lipinski definition) is 1. The van der Waals surface area contributed by atoms with Gasteiger partial charge in [-0.3, -0.25) is 0 Å². The zero-order chi connectivity index (χ0) is 14.5. The molecular formula is C17H27BrN2. The molecule has 1 N–H and O–H groups in total. The molecule has 112 valence electrons. The molecule has 0 spiro atoms. The lowest BCUT2D eigenvalue weighted by molar-refractivity contribution is 0.448. The molecule has 1 saturated heterocycles. The van der Waals surface area contributed by atoms with Gasteiger partial charge in [-0.05, 0) is 43.4 Å². The Hall–Kier alpha value is -0.540. The fourth-order valence-electron chi connectivity index (χ4n) is 3.01. The Morgan fingerprint density at radius 2 is 2.15 bits per heavy atom. The molecule has 0 aliphatic carbocycles. The highest BCUT2D eigenvalue weighted by molar-refractivity contribution is 9.10. The number of rotatable bonds is 5. The van der Waals surface area contributed by atoms with Gasteiger partial charge in [-0.2, -0.15) is 0 Å². The number of anilines is 1. The van der Waals surface area contributed by atoms with Crippen molar-refractivity contribution >= 4 is 21.6 Å². The summed E-state index contributed by atoms with van der Waals surface area (Å²) in [6, 6.07) is 7.94. The monoisotopic (exact) mass is 338 g/mol. The van der Waals surface area contributed by atoms with Gasteiger partial charge in [0.2, 0.25) is 0 Å². The summed E-state index contributed by atoms with van der Waals surface area (Å²) in [6.07, 6.45) is 5.27. The summed E-state index contributed by atoms with van der Waals surface area (Å²) >= 11 is 3.64. The molecule has 1 aliphatic rings. The minimum absolute atomic E-state index is 0.523. The fourth-order valence-corrected chi connectivity index (χ4v) is 3.36. The van der Waals surface area contributed by atoms with Gasteiger partial charge in [0, 0.05) is 35.3 Å². The van der Waals surface area contributed by atoms with Crippen LogP contribution >= 0.6 is 15.9 Å². The molecule has 2 rings (SSSR count). The predicted octanol–water partition coefficient (Wildman–Crippen LogP) is 4.72. The third kappa shape index (κ3) is 3.98. The first-order valence-corrected chi connectivity index (χ1v) is 8.69. The SMILES string of the molecule is CCC1CCCCN1c1cc(Br)ccc1CNC(C)C. The van der Waals surface area contributed by atoms with Crippen molar-refractivity contribution in [2.75, 3.05) is 11.4 Å². The summed E-state index contributed by atoms with van der Waals surface area (Å²) in [5.41, 5.74) is 2.83. The van der Waals surface area contributed by atoms with Crippen LogP contribution in [0.3, 0.4) is 0 Å². The van der Waals surface area contributed by atoms with Crippen LogP contribution in [0.5, 0.6) is 0 Å². The van der Waals surface area contributed by atoms with Crippen LogP contribution in [0.4, 0.5) is 5.69 Å². The minimum Gasteiger partial charge on any atom is -0.368 e. The van der Waals surface area contributed by atoms with E-state index >= 15 is 0 Å². The molecule has 0 aromatic heterocycles. The Bertz CT molecular complexity index is 431. The van der Waals surface area contributed by atoms with Crippen LogP contribution in [0.1, 0.15) is 52.0 Å². The van der Waals surface area contributed by atoms with E-state index in [9.17, 15) is 0 Å². The number of nitrogens with one attached hydrogen (secondary N) is 1. The molecule has 0 saturated carbocycles. The number of nitrogens with zero attached hydrogens (tertiary/aromatic N) is 1. The van der Waals surface area contributed by atoms with E-state index in [1.54, 1.807) is 0 Å². The van der Waals surface area contributed by atoms with Crippen LogP contribution in [0.15, 0.2) is 22.7 Å². The van der Waals surface area contributed by atoms with E-state index in [0.29, 0.717) is 12.1 Å². The number of benzene rings is 1. The van der Waals surface area contributed by atoms with E-state index in [4.69, 9.17) is 0 Å². The highest BCUT2D eigenvalue weighted by Crippen LogP contribution is 2.31. The minimum atomic E-state index is 0.523. The van der Waals surface area contributed by atoms with Gasteiger partial charge < -0.3 is 10.2 Å². The standard InChI is InChI=1S/C17H27BrN2/c1-4-16-7-5-6-10-20(16)17-11-15(18)9-8-14(17)12-19-13(2)3/h8-9,11,13,16,19H,4-7,10,12H2,1-3H3. The second-order valence-electron chi connectivity index (χ2n) is 6.06. The lowest BCUT2D eigenvalue weighted by atomic mass is 9.98. The van der Waals surface area contributed by atoms with Crippen molar-refractivity contribution < 1.29 is 0 Å². The first-order chi connectivity index (χ1) is 9.61. The fraction of sp³-hybridized carbons (Fsp3) is 0.647. The van der Waals surface area contributed by atoms with E-state index in [0.717, 1.165) is 6.54 Å². The topological polar surface area (TPSA) is 15.3 Å². The molecule has 3 heteroatoms. The predicted molar refractivity (Wildman–Crippen MR) is 91.4 cm³/mol. The van der Waals surface area contributed by atoms with Crippen LogP contribution < -0.4 is 10.2 Å². The summed E-state index contributed by atoms with van der Waals surface area (Å²) in [4.78, 5) is 2.63. The Morgan fingerprint density at radius 3 is 2.85 bits per heavy atom. The van der Waals surface area contributed by atoms with Crippen molar-refractivity contribution in [1.29, 1.82) is 0 Å². The van der Waals surface area contributed by atoms with Crippen LogP contribution in [0.25, 0.3) is 0 Å². The average molecular weight is 339 g/mol. The van der Waals surface area contributed by atoms with Gasteiger partial charge in [0.05, 0.1) is 0 Å². The zero-order valence-electron chi connectivity index (χ0n) is 13.0. The van der Waals surface area contributed by atoms with Gasteiger partial charge in [0.25, 0.3) is 0 Å². The van der Waals surface area contributed by atoms with Gasteiger partial charge in [-0.25, -0.2) is 0 Å². The normalized spacial score (nSPS) is 19.6. The number of piperidine rings is 1. The third-order valence-corrected chi connectivity index (χ3v) is 4.65. The molecule has 1 atom stereocenters. The molecular weight excluding hydrogens is 312 g/mol. The molecule has 1 heterocycles. The smallest absolute Gasteiger partial charge is 0.0425 e. The summed E-state index contributed by atoms with van der Waals surface area (Å²) in [5, 5.41) is 3.55. The molecule has 1 aromatic rings. The number of halogens is 1. The van der Waals surface area contributed by atoms with E-state index < -0.39 is 0 Å². The Kier molecular flexibility index (Phi) is 5.91. The molecule has 0 radical (unpaired) electrons. The molecule has 1 fully saturated rings. The number of hydrogen-bond acceptors (Lipinski definition) is 2. The molecule has 0 amide bonds. The van der Waals surface area contributed by atoms with Crippen molar-refractivity contribution in [3.8, 4) is 0 Å². The van der Waals surface area contributed by atoms with Crippen LogP contribution in [0.2, 0.25) is 0 Å². The molecule has 0 bridgehead atoms. The van der Waals surface area contributed by atoms with Gasteiger partial charge in [-0.15, -0.1) is 0 Å². The Labute approximate surface area is 132 Å². The average Bonchev–Trinajstić information content (AvgIpc) is 2.45. The van der Waals surface area contributed by atoms with Crippen molar-refractivity contribution in [2.45, 2.75) is 65.1 Å². The second-order valence-corrected chi connectivity index (χ2v) is 6.98. The maximum atomic E-state index is 3.64. The van der Waals surface area contributed by atoms with Gasteiger partial charge in [0.1, 0.15) is 0 Å². The summed E-state index contributed by atoms with van der Waals surface area (Å²) < 4.78 is 1.18. The van der Waals surface area contributed by atoms with Crippen LogP contribution in [-0.4, -0.2) is 18.6 Å². The molecule has 1 aromatic carbocycles.